The summed E-state index contributed by atoms with van der Waals surface area (Å²) in [7, 11) is 5.22. The number of methoxy groups -OCH3 is 4. The van der Waals surface area contributed by atoms with Crippen molar-refractivity contribution < 1.29 is 69.7 Å². The van der Waals surface area contributed by atoms with Crippen LogP contribution >= 0.6 is 0 Å². The van der Waals surface area contributed by atoms with Gasteiger partial charge in [-0.05, 0) is 186 Å². The number of benzene rings is 4. The molecule has 8 amide bonds. The van der Waals surface area contributed by atoms with E-state index in [0.717, 1.165) is 201 Å². The van der Waals surface area contributed by atoms with Crippen molar-refractivity contribution in [3.8, 4) is 67.5 Å². The molecule has 127 heavy (non-hydrogen) atoms. The molecule has 6 saturated heterocycles. The summed E-state index contributed by atoms with van der Waals surface area (Å²) in [4.78, 5) is 156. The lowest BCUT2D eigenvalue weighted by molar-refractivity contribution is -0.137. The molecule has 6 fully saturated rings. The summed E-state index contributed by atoms with van der Waals surface area (Å²) < 4.78 is 40.4. The van der Waals surface area contributed by atoms with E-state index in [1.54, 1.807) is 0 Å². The zero-order valence-electron chi connectivity index (χ0n) is 74.5. The van der Waals surface area contributed by atoms with Crippen LogP contribution in [0.15, 0.2) is 109 Å². The van der Waals surface area contributed by atoms with Crippen LogP contribution in [0.5, 0.6) is 0 Å². The number of H-pyrrole nitrogens is 4. The molecular weight excluding hydrogens is 1620 g/mol. The van der Waals surface area contributed by atoms with E-state index in [9.17, 15) is 38.4 Å². The fraction of sp³-hybridized carbons (Fsp3) is 0.474. The second-order valence-electron chi connectivity index (χ2n) is 34.8. The van der Waals surface area contributed by atoms with Crippen LogP contribution in [0.25, 0.3) is 89.4 Å². The number of rotatable bonds is 20. The molecule has 8 N–H and O–H groups in total. The Hall–Kier alpha value is -12.6. The first kappa shape index (κ1) is 86.5. The highest BCUT2D eigenvalue weighted by Crippen LogP contribution is 2.44. The zero-order valence-corrected chi connectivity index (χ0v) is 72.5. The normalized spacial score (nSPS) is 19.6. The predicted octanol–water partition coefficient (Wildman–Crippen LogP) is 14.2. The predicted molar refractivity (Wildman–Crippen MR) is 477 cm³/mol. The molecule has 10 aromatic rings. The van der Waals surface area contributed by atoms with Gasteiger partial charge in [-0.2, -0.15) is 0 Å². The summed E-state index contributed by atoms with van der Waals surface area (Å²) >= 11 is 0. The lowest BCUT2D eigenvalue weighted by atomic mass is 9.90. The van der Waals surface area contributed by atoms with Crippen LogP contribution in [0.2, 0.25) is 0 Å². The summed E-state index contributed by atoms with van der Waals surface area (Å²) in [5.41, 5.74) is 17.7. The number of hydrogen-bond donors (Lipinski definition) is 8. The Bertz CT molecular complexity index is 5410. The van der Waals surface area contributed by atoms with E-state index in [-0.39, 0.29) is 78.9 Å². The molecule has 8 atom stereocenters. The van der Waals surface area contributed by atoms with Crippen molar-refractivity contribution in [3.05, 3.63) is 155 Å². The second-order valence-corrected chi connectivity index (χ2v) is 34.8. The van der Waals surface area contributed by atoms with Crippen molar-refractivity contribution in [2.45, 2.75) is 186 Å². The number of carbonyl (C=O) groups is 8. The van der Waals surface area contributed by atoms with Gasteiger partial charge in [-0.15, -0.1) is 0 Å². The van der Waals surface area contributed by atoms with Crippen LogP contribution in [0, 0.1) is 23.7 Å². The first-order valence-electron chi connectivity index (χ1n) is 45.3. The van der Waals surface area contributed by atoms with Gasteiger partial charge in [0.05, 0.1) is 110 Å². The van der Waals surface area contributed by atoms with Gasteiger partial charge in [0.2, 0.25) is 23.6 Å². The van der Waals surface area contributed by atoms with Crippen LogP contribution in [0.4, 0.5) is 19.2 Å². The molecule has 0 spiro atoms. The molecule has 0 bridgehead atoms. The number of aryl methyl sites for hydroxylation is 4. The Balaban J connectivity index is 0.000000193. The third-order valence-electron chi connectivity index (χ3n) is 26.5. The number of ether oxygens (including phenoxy) is 6. The van der Waals surface area contributed by atoms with Gasteiger partial charge in [-0.1, -0.05) is 83.7 Å². The highest BCUT2D eigenvalue weighted by Gasteiger charge is 2.45. The van der Waals surface area contributed by atoms with Crippen molar-refractivity contribution >= 4 is 69.8 Å². The quantitative estimate of drug-likeness (QED) is 0.0329. The number of likely N-dealkylation sites (tertiary alicyclic amines) is 4. The Labute approximate surface area is 740 Å². The molecule has 2 aliphatic carbocycles. The molecule has 0 saturated carbocycles. The Morgan fingerprint density at radius 2 is 0.764 bits per heavy atom. The van der Waals surface area contributed by atoms with Gasteiger partial charge < -0.3 is 89.2 Å². The second kappa shape index (κ2) is 38.3. The van der Waals surface area contributed by atoms with Gasteiger partial charge in [0.15, 0.2) is 0 Å². The summed E-state index contributed by atoms with van der Waals surface area (Å²) in [5, 5.41) is 13.1. The molecule has 6 aliphatic heterocycles. The zero-order chi connectivity index (χ0) is 89.6. The number of hydrogen-bond acceptors (Lipinski definition) is 20. The molecule has 6 aromatic heterocycles. The van der Waals surface area contributed by atoms with Crippen molar-refractivity contribution in [2.24, 2.45) is 23.7 Å². The Kier molecular flexibility index (Phi) is 26.1. The minimum atomic E-state index is -0.690. The monoisotopic (exact) mass is 1730 g/mol. The summed E-state index contributed by atoms with van der Waals surface area (Å²) in [6.07, 6.45) is 13.8. The standard InChI is InChI=1S/2C47H55N9O7.CH4.H2/c2*1-26(2)39(53-46(59)61-3)44(57)56-20-6-8-38(56)43-50-35-16-10-28-23-29(9-13-32(28)41(35)52-43)33-14-11-30-24-31(12-15-34(30)49-33)36-25-48-42(51-36)37-7-5-19-55(37)45(58)40(54-47(60)62-4)27-17-21-63-22-18-27;;/h2*9,11-15,23-27,37-40H,5-8,10,16-22H2,1-4H3,(H,48,51)(H,50,52)(H,53,59)(H,54,60);1H4;1H/t2*37-,38-,39-,40-;;/m00../s1/i;;;1+1D. The number of carbonyl (C=O) groups excluding carboxylic acids is 8. The van der Waals surface area contributed by atoms with Crippen LogP contribution in [0.3, 0.4) is 0 Å². The van der Waals surface area contributed by atoms with Crippen LogP contribution in [-0.2, 0) is 73.3 Å². The number of pyridine rings is 2. The van der Waals surface area contributed by atoms with E-state index in [0.29, 0.717) is 78.3 Å². The number of aromatic amines is 4. The summed E-state index contributed by atoms with van der Waals surface area (Å²) in [6.45, 7) is 12.3. The van der Waals surface area contributed by atoms with Gasteiger partial charge in [0.1, 0.15) is 47.5 Å². The first-order valence-corrected chi connectivity index (χ1v) is 44.3. The first-order chi connectivity index (χ1) is 62.2. The average molecular weight is 1740 g/mol. The van der Waals surface area contributed by atoms with Gasteiger partial charge in [0.25, 0.3) is 0 Å². The van der Waals surface area contributed by atoms with Crippen molar-refractivity contribution in [3.63, 3.8) is 0 Å². The van der Waals surface area contributed by atoms with Crippen LogP contribution in [-0.4, -0.2) is 223 Å². The maximum Gasteiger partial charge on any atom is 0.407 e. The van der Waals surface area contributed by atoms with Crippen LogP contribution < -0.4 is 21.3 Å². The highest BCUT2D eigenvalue weighted by atomic mass is 16.6. The van der Waals surface area contributed by atoms with E-state index in [2.05, 4.69) is 114 Å². The fourth-order valence-electron chi connectivity index (χ4n) is 19.7. The highest BCUT2D eigenvalue weighted by molar-refractivity contribution is 5.92. The molecule has 4 aromatic carbocycles. The lowest BCUT2D eigenvalue weighted by Crippen LogP contribution is -2.53. The third-order valence-corrected chi connectivity index (χ3v) is 26.5. The fourth-order valence-corrected chi connectivity index (χ4v) is 19.7. The number of fused-ring (bicyclic) bond motifs is 8. The molecule has 0 unspecified atom stereocenters. The lowest BCUT2D eigenvalue weighted by Gasteiger charge is -2.34. The van der Waals surface area contributed by atoms with E-state index in [1.807, 2.05) is 84.0 Å². The van der Waals surface area contributed by atoms with Gasteiger partial charge in [0, 0.05) is 111 Å². The number of nitrogens with zero attached hydrogens (tertiary/aromatic N) is 10. The molecule has 32 heteroatoms. The molecular formula is C95H116N18O14. The molecule has 8 aliphatic rings. The Morgan fingerprint density at radius 1 is 0.409 bits per heavy atom. The van der Waals surface area contributed by atoms with Crippen LogP contribution in [0.1, 0.15) is 185 Å². The van der Waals surface area contributed by atoms with Crippen molar-refractivity contribution in [1.29, 1.82) is 0 Å². The van der Waals surface area contributed by atoms with Crippen molar-refractivity contribution in [1.82, 2.24) is 90.7 Å². The smallest absolute Gasteiger partial charge is 0.407 e. The van der Waals surface area contributed by atoms with Gasteiger partial charge in [-0.25, -0.2) is 49.1 Å². The maximum atomic E-state index is 14.0. The molecule has 670 valence electrons. The number of amides is 8. The number of imidazole rings is 4. The van der Waals surface area contributed by atoms with Crippen molar-refractivity contribution in [2.75, 3.05) is 81.0 Å². The van der Waals surface area contributed by atoms with Gasteiger partial charge >= 0.3 is 24.4 Å². The van der Waals surface area contributed by atoms with E-state index < -0.39 is 48.5 Å². The number of aromatic nitrogens is 10. The average Bonchev–Trinajstić information content (AvgIpc) is 1.61. The third kappa shape index (κ3) is 18.3. The molecule has 12 heterocycles. The minimum absolute atomic E-state index is 0. The number of alkyl carbamates (subject to hydrolysis) is 4. The SMILES string of the molecule is C.COC(=O)N[C@H](C(=O)N1CCC[C@H]1c1nc2c([nH]1)CCc1cc(-c3ccc4cc(-c5cnc([C@@H]6CCCN6C(=O)[C@@H](NC(=O)OC)C6CCOCC6)[nH]5)ccc4n3)ccc1-2)C(C)C.COC(=O)N[C@H](C(=O)N1CCC[C@H]1c1nc2c([nH]1)CCc1cc(-c3ccc4cc(-c5cnc([C@@H]6CCCN6C(=O)[C@@H](NC(=O)OC)C6CCOCC6)[nH]5)ccc4n3)ccc1-2)C(C)C.[2H][2H]. The summed E-state index contributed by atoms with van der Waals surface area (Å²) in [6, 6.07) is 29.9. The molecule has 0 radical (unpaired) electrons. The minimum Gasteiger partial charge on any atom is -0.453 e. The molecule has 18 rings (SSSR count). The summed E-state index contributed by atoms with van der Waals surface area (Å²) in [5.74, 6) is 2.25. The van der Waals surface area contributed by atoms with E-state index in [4.69, 9.17) is 61.3 Å². The maximum absolute atomic E-state index is 14.0. The number of nitrogens with one attached hydrogen (secondary N) is 8. The van der Waals surface area contributed by atoms with E-state index >= 15 is 0 Å². The molecule has 32 nitrogen and oxygen atoms in total. The largest absolute Gasteiger partial charge is 0.453 e. The van der Waals surface area contributed by atoms with E-state index in [1.165, 1.54) is 39.6 Å². The topological polar surface area (TPSA) is 394 Å². The van der Waals surface area contributed by atoms with Gasteiger partial charge in [-0.3, -0.25) is 19.2 Å². The Morgan fingerprint density at radius 3 is 1.13 bits per heavy atom.